The Kier molecular flexibility index (Phi) is 28.6. The summed E-state index contributed by atoms with van der Waals surface area (Å²) in [5.74, 6) is -10.2. The highest BCUT2D eigenvalue weighted by molar-refractivity contribution is 8.76. The minimum Gasteiger partial charge on any atom is -0.426 e. The SMILES string of the molecule is CCCCC(CC)C(=O)Oc1ccc(CC2NC(=O)CCSSCC(C(=O)N3CCC[C@H]3C(=O)N[C@H](CCCN=C(N)N)C(=O)NCC(N)=O)NC(=O)[C@H](CC(N)=O)NC(=O)[C@H](CCC(N)=O)NC(=O)C(Cc3ccccc3)NC2=O)cc1. The maximum Gasteiger partial charge on any atom is 0.314 e. The highest BCUT2D eigenvalue weighted by atomic mass is 33.1. The molecule has 27 nitrogen and oxygen atoms in total. The highest BCUT2D eigenvalue weighted by Gasteiger charge is 2.40. The quantitative estimate of drug-likeness (QED) is 0.0129. The van der Waals surface area contributed by atoms with Gasteiger partial charge in [-0.05, 0) is 68.2 Å². The number of nitrogens with one attached hydrogen (secondary N) is 7. The predicted molar refractivity (Wildman–Crippen MR) is 309 cm³/mol. The first-order valence-electron chi connectivity index (χ1n) is 27.5. The van der Waals surface area contributed by atoms with E-state index in [2.05, 4.69) is 42.2 Å². The van der Waals surface area contributed by atoms with Crippen molar-refractivity contribution in [2.24, 2.45) is 39.6 Å². The normalized spacial score (nSPS) is 21.0. The lowest BCUT2D eigenvalue weighted by Crippen LogP contribution is -2.61. The number of benzene rings is 2. The number of unbranched alkanes of at least 4 members (excludes halogenated alkanes) is 1. The molecule has 8 atom stereocenters. The van der Waals surface area contributed by atoms with Gasteiger partial charge in [-0.25, -0.2) is 0 Å². The third kappa shape index (κ3) is 23.8. The van der Waals surface area contributed by atoms with Crippen LogP contribution in [0.2, 0.25) is 0 Å². The summed E-state index contributed by atoms with van der Waals surface area (Å²) < 4.78 is 5.68. The Morgan fingerprint density at radius 1 is 0.723 bits per heavy atom. The van der Waals surface area contributed by atoms with E-state index in [-0.39, 0.29) is 86.7 Å². The molecule has 0 aliphatic carbocycles. The Balaban J connectivity index is 1.70. The van der Waals surface area contributed by atoms with Crippen molar-refractivity contribution in [3.63, 3.8) is 0 Å². The van der Waals surface area contributed by atoms with Gasteiger partial charge in [0, 0.05) is 50.3 Å². The molecule has 2 fully saturated rings. The van der Waals surface area contributed by atoms with Gasteiger partial charge in [-0.3, -0.25) is 62.5 Å². The molecule has 2 aromatic carbocycles. The largest absolute Gasteiger partial charge is 0.426 e. The Bertz CT molecular complexity index is 2630. The molecule has 2 aliphatic rings. The zero-order valence-corrected chi connectivity index (χ0v) is 48.3. The van der Waals surface area contributed by atoms with Crippen molar-refractivity contribution in [3.8, 4) is 5.75 Å². The fourth-order valence-corrected chi connectivity index (χ4v) is 11.1. The molecule has 2 aromatic rings. The third-order valence-electron chi connectivity index (χ3n) is 13.4. The summed E-state index contributed by atoms with van der Waals surface area (Å²) in [6, 6.07) is 4.91. The number of ether oxygens (including phenoxy) is 1. The van der Waals surface area contributed by atoms with E-state index in [1.165, 1.54) is 4.90 Å². The monoisotopic (exact) mass is 1190 g/mol. The number of nitrogens with two attached hydrogens (primary N) is 5. The van der Waals surface area contributed by atoms with Crippen LogP contribution in [0.4, 0.5) is 0 Å². The van der Waals surface area contributed by atoms with Gasteiger partial charge in [0.25, 0.3) is 0 Å². The number of carbonyl (C=O) groups is 12. The number of primary amides is 3. The number of amides is 11. The molecule has 2 heterocycles. The first-order valence-corrected chi connectivity index (χ1v) is 30.0. The maximum atomic E-state index is 14.7. The minimum atomic E-state index is -1.78. The molecular weight excluding hydrogens is 1120 g/mol. The molecular formula is C54H78N14O13S2. The predicted octanol–water partition coefficient (Wildman–Crippen LogP) is -1.93. The molecule has 4 unspecified atom stereocenters. The second-order valence-electron chi connectivity index (χ2n) is 20.0. The van der Waals surface area contributed by atoms with Crippen molar-refractivity contribution < 1.29 is 62.3 Å². The molecule has 29 heteroatoms. The zero-order valence-electron chi connectivity index (χ0n) is 46.7. The minimum absolute atomic E-state index is 0.00704. The molecule has 2 saturated heterocycles. The topological polar surface area (TPSA) is 444 Å². The number of esters is 1. The number of hydrogen-bond donors (Lipinski definition) is 12. The van der Waals surface area contributed by atoms with E-state index in [0.29, 0.717) is 30.4 Å². The smallest absolute Gasteiger partial charge is 0.314 e. The third-order valence-corrected chi connectivity index (χ3v) is 15.8. The van der Waals surface area contributed by atoms with Crippen molar-refractivity contribution in [2.75, 3.05) is 31.1 Å². The Hall–Kier alpha value is -7.95. The molecule has 83 heavy (non-hydrogen) atoms. The van der Waals surface area contributed by atoms with Crippen LogP contribution >= 0.6 is 21.6 Å². The standard InChI is InChI=1S/C54H78N14O13S2/c1-3-5-13-33(4-2)53(80)81-34-18-16-32(17-19-34)27-37-48(75)65-38(26-31-11-7-6-8-12-31)49(76)63-36(20-21-42(55)69)47(74)66-39(28-43(56)70)50(77)67-40(30-83-82-25-22-45(72)62-37)52(79)68-24-10-15-41(68)51(78)64-35(14-9-23-60-54(58)59)46(73)61-29-44(57)71/h6-8,11-12,16-19,33,35-41H,3-5,9-10,13-15,20-30H2,1-2H3,(H2,55,69)(H2,56,70)(H2,57,71)(H,61,73)(H,62,72)(H,63,76)(H,64,78)(H,65,75)(H,66,74)(H,67,77)(H4,58,59,60)/t33?,35-,36+,37?,38?,39+,40?,41+/m1/s1. The molecule has 0 bridgehead atoms. The lowest BCUT2D eigenvalue weighted by atomic mass is 9.99. The summed E-state index contributed by atoms with van der Waals surface area (Å²) in [5.41, 5.74) is 28.3. The first-order chi connectivity index (χ1) is 39.6. The van der Waals surface area contributed by atoms with Gasteiger partial charge in [-0.1, -0.05) is 90.7 Å². The molecule has 0 aromatic heterocycles. The van der Waals surface area contributed by atoms with Gasteiger partial charge in [-0.2, -0.15) is 0 Å². The lowest BCUT2D eigenvalue weighted by molar-refractivity contribution is -0.142. The van der Waals surface area contributed by atoms with Crippen LogP contribution in [0.3, 0.4) is 0 Å². The Morgan fingerprint density at radius 3 is 1.98 bits per heavy atom. The number of guanidine groups is 1. The van der Waals surface area contributed by atoms with Crippen LogP contribution in [-0.4, -0.2) is 155 Å². The van der Waals surface area contributed by atoms with Gasteiger partial charge in [0.2, 0.25) is 65.0 Å². The van der Waals surface area contributed by atoms with E-state index in [1.807, 2.05) is 13.8 Å². The summed E-state index contributed by atoms with van der Waals surface area (Å²) in [6.45, 7) is 3.53. The van der Waals surface area contributed by atoms with E-state index in [1.54, 1.807) is 54.6 Å². The van der Waals surface area contributed by atoms with Crippen molar-refractivity contribution in [3.05, 3.63) is 65.7 Å². The van der Waals surface area contributed by atoms with Crippen LogP contribution in [0.15, 0.2) is 59.6 Å². The van der Waals surface area contributed by atoms with E-state index in [9.17, 15) is 57.5 Å². The summed E-state index contributed by atoms with van der Waals surface area (Å²) >= 11 is 0. The van der Waals surface area contributed by atoms with Crippen molar-refractivity contribution in [1.29, 1.82) is 0 Å². The lowest BCUT2D eigenvalue weighted by Gasteiger charge is -2.31. The van der Waals surface area contributed by atoms with Crippen LogP contribution in [0.5, 0.6) is 5.75 Å². The molecule has 11 amide bonds. The number of rotatable bonds is 25. The Labute approximate surface area is 489 Å². The number of carbonyl (C=O) groups excluding carboxylic acids is 12. The molecule has 2 aliphatic heterocycles. The average Bonchev–Trinajstić information content (AvgIpc) is 4.23. The van der Waals surface area contributed by atoms with Gasteiger partial charge in [0.05, 0.1) is 18.9 Å². The number of nitrogens with zero attached hydrogens (tertiary/aromatic N) is 2. The zero-order chi connectivity index (χ0) is 61.0. The summed E-state index contributed by atoms with van der Waals surface area (Å²) in [7, 11) is 2.18. The molecule has 4 rings (SSSR count). The van der Waals surface area contributed by atoms with Gasteiger partial charge in [0.15, 0.2) is 5.96 Å². The fraction of sp³-hybridized carbons (Fsp3) is 0.537. The first kappa shape index (κ1) is 67.6. The van der Waals surface area contributed by atoms with Gasteiger partial charge < -0.3 is 75.5 Å². The van der Waals surface area contributed by atoms with E-state index >= 15 is 0 Å². The summed E-state index contributed by atoms with van der Waals surface area (Å²) in [5, 5.41) is 18.1. The Morgan fingerprint density at radius 2 is 1.35 bits per heavy atom. The highest BCUT2D eigenvalue weighted by Crippen LogP contribution is 2.26. The van der Waals surface area contributed by atoms with Crippen LogP contribution in [0, 0.1) is 5.92 Å². The van der Waals surface area contributed by atoms with Crippen molar-refractivity contribution >= 4 is 98.5 Å². The van der Waals surface area contributed by atoms with E-state index < -0.39 is 133 Å². The molecule has 0 spiro atoms. The maximum absolute atomic E-state index is 14.7. The van der Waals surface area contributed by atoms with Gasteiger partial charge >= 0.3 is 5.97 Å². The van der Waals surface area contributed by atoms with Crippen LogP contribution in [0.1, 0.15) is 102 Å². The summed E-state index contributed by atoms with van der Waals surface area (Å²) in [4.78, 5) is 167. The van der Waals surface area contributed by atoms with Gasteiger partial charge in [0.1, 0.15) is 48.0 Å². The molecule has 17 N–H and O–H groups in total. The van der Waals surface area contributed by atoms with E-state index in [4.69, 9.17) is 33.4 Å². The van der Waals surface area contributed by atoms with Gasteiger partial charge in [-0.15, -0.1) is 0 Å². The van der Waals surface area contributed by atoms with Crippen LogP contribution in [-0.2, 0) is 70.4 Å². The number of aliphatic imine (C=N–C) groups is 1. The second-order valence-corrected chi connectivity index (χ2v) is 22.6. The molecule has 0 radical (unpaired) electrons. The molecule has 454 valence electrons. The number of likely N-dealkylation sites (tertiary alicyclic amines) is 1. The van der Waals surface area contributed by atoms with Crippen LogP contribution < -0.4 is 70.6 Å². The molecule has 0 saturated carbocycles. The van der Waals surface area contributed by atoms with Crippen molar-refractivity contribution in [2.45, 2.75) is 146 Å². The fourth-order valence-electron chi connectivity index (χ4n) is 8.98. The van der Waals surface area contributed by atoms with Crippen LogP contribution in [0.25, 0.3) is 0 Å². The van der Waals surface area contributed by atoms with E-state index in [0.717, 1.165) is 34.4 Å². The van der Waals surface area contributed by atoms with Crippen molar-refractivity contribution in [1.82, 2.24) is 42.1 Å². The summed E-state index contributed by atoms with van der Waals surface area (Å²) in [6.07, 6.45) is 1.61. The second kappa shape index (κ2) is 35.1. The average molecular weight is 1200 g/mol. The number of hydrogen-bond acceptors (Lipinski definition) is 16.